The largest absolute Gasteiger partial charge is 0.290 e. The fourth-order valence-electron chi connectivity index (χ4n) is 1.79. The highest BCUT2D eigenvalue weighted by molar-refractivity contribution is 6.33. The number of ketones is 4. The minimum atomic E-state index is -0.136. The van der Waals surface area contributed by atoms with E-state index in [2.05, 4.69) is 0 Å². The Morgan fingerprint density at radius 2 is 1.05 bits per heavy atom. The molecule has 2 aliphatic carbocycles. The second kappa shape index (κ2) is 7.04. The molecule has 22 heavy (non-hydrogen) atoms. The molecule has 0 fully saturated rings. The van der Waals surface area contributed by atoms with Crippen molar-refractivity contribution in [2.75, 3.05) is 0 Å². The summed E-state index contributed by atoms with van der Waals surface area (Å²) in [7, 11) is 0. The van der Waals surface area contributed by atoms with Crippen molar-refractivity contribution >= 4 is 28.7 Å². The van der Waals surface area contributed by atoms with Crippen LogP contribution in [-0.2, 0) is 19.2 Å². The summed E-state index contributed by atoms with van der Waals surface area (Å²) in [4.78, 5) is 43.1. The number of allylic oxidation sites excluding steroid dienone is 8. The highest BCUT2D eigenvalue weighted by Gasteiger charge is 2.14. The molecule has 0 aliphatic heterocycles. The molecule has 0 radical (unpaired) electrons. The van der Waals surface area contributed by atoms with Crippen LogP contribution >= 0.6 is 0 Å². The van der Waals surface area contributed by atoms with Gasteiger partial charge >= 0.3 is 0 Å². The van der Waals surface area contributed by atoms with Gasteiger partial charge in [0.25, 0.3) is 0 Å². The summed E-state index contributed by atoms with van der Waals surface area (Å²) in [5.41, 5.74) is 1.26. The van der Waals surface area contributed by atoms with Crippen molar-refractivity contribution in [1.82, 2.24) is 0 Å². The van der Waals surface area contributed by atoms with E-state index in [0.717, 1.165) is 5.56 Å². The monoisotopic (exact) mass is 292 g/mol. The smallest absolute Gasteiger partial charge is 0.186 e. The third-order valence-electron chi connectivity index (χ3n) is 2.86. The summed E-state index contributed by atoms with van der Waals surface area (Å²) in [5, 5.41) is 0. The van der Waals surface area contributed by atoms with Crippen molar-refractivity contribution in [2.45, 2.75) is 0 Å². The Balaban J connectivity index is 0.000000188. The molecule has 0 N–H and O–H groups in total. The van der Waals surface area contributed by atoms with Gasteiger partial charge in [-0.3, -0.25) is 19.2 Å². The quantitative estimate of drug-likeness (QED) is 0.743. The highest BCUT2D eigenvalue weighted by Crippen LogP contribution is 2.18. The maximum atomic E-state index is 11.4. The van der Waals surface area contributed by atoms with Gasteiger partial charge in [-0.25, -0.2) is 0 Å². The Morgan fingerprint density at radius 1 is 0.545 bits per heavy atom. The summed E-state index contributed by atoms with van der Waals surface area (Å²) in [6.07, 6.45) is 8.98. The van der Waals surface area contributed by atoms with E-state index in [1.165, 1.54) is 42.5 Å². The van der Waals surface area contributed by atoms with E-state index in [1.54, 1.807) is 0 Å². The summed E-state index contributed by atoms with van der Waals surface area (Å²) >= 11 is 0. The summed E-state index contributed by atoms with van der Waals surface area (Å²) in [6, 6.07) is 9.18. The second-order valence-electron chi connectivity index (χ2n) is 4.50. The van der Waals surface area contributed by atoms with Crippen LogP contribution in [0.3, 0.4) is 0 Å². The first kappa shape index (κ1) is 15.3. The number of hydrogen-bond acceptors (Lipinski definition) is 4. The zero-order valence-corrected chi connectivity index (χ0v) is 11.6. The molecule has 0 saturated heterocycles. The normalized spacial score (nSPS) is 16.3. The minimum Gasteiger partial charge on any atom is -0.290 e. The first-order valence-electron chi connectivity index (χ1n) is 6.54. The molecule has 0 aromatic heterocycles. The molecule has 0 heterocycles. The summed E-state index contributed by atoms with van der Waals surface area (Å²) < 4.78 is 0. The average molecular weight is 292 g/mol. The van der Waals surface area contributed by atoms with E-state index in [1.807, 2.05) is 30.3 Å². The highest BCUT2D eigenvalue weighted by atomic mass is 16.1. The Morgan fingerprint density at radius 3 is 1.59 bits per heavy atom. The molecule has 0 atom stereocenters. The van der Waals surface area contributed by atoms with Crippen LogP contribution < -0.4 is 0 Å². The predicted octanol–water partition coefficient (Wildman–Crippen LogP) is 2.03. The minimum absolute atomic E-state index is 0.115. The zero-order chi connectivity index (χ0) is 15.9. The summed E-state index contributed by atoms with van der Waals surface area (Å²) in [6.45, 7) is 0. The molecule has 0 unspecified atom stereocenters. The van der Waals surface area contributed by atoms with Crippen molar-refractivity contribution in [3.8, 4) is 0 Å². The number of benzene rings is 1. The van der Waals surface area contributed by atoms with Crippen LogP contribution in [0.25, 0.3) is 5.57 Å². The fraction of sp³-hybridized carbons (Fsp3) is 0. The van der Waals surface area contributed by atoms with Crippen molar-refractivity contribution in [3.63, 3.8) is 0 Å². The fourth-order valence-corrected chi connectivity index (χ4v) is 1.79. The third kappa shape index (κ3) is 4.18. The predicted molar refractivity (Wildman–Crippen MR) is 81.9 cm³/mol. The Labute approximate surface area is 127 Å². The van der Waals surface area contributed by atoms with Crippen LogP contribution in [0.2, 0.25) is 0 Å². The van der Waals surface area contributed by atoms with Crippen molar-refractivity contribution in [1.29, 1.82) is 0 Å². The molecule has 0 spiro atoms. The number of carbonyl (C=O) groups is 4. The number of rotatable bonds is 1. The maximum Gasteiger partial charge on any atom is 0.186 e. The van der Waals surface area contributed by atoms with Crippen LogP contribution in [-0.4, -0.2) is 23.1 Å². The number of carbonyl (C=O) groups excluding carboxylic acids is 4. The van der Waals surface area contributed by atoms with Gasteiger partial charge in [-0.05, 0) is 48.1 Å². The van der Waals surface area contributed by atoms with Gasteiger partial charge in [0.05, 0.1) is 0 Å². The Kier molecular flexibility index (Phi) is 4.88. The molecule has 0 bridgehead atoms. The third-order valence-corrected chi connectivity index (χ3v) is 2.86. The van der Waals surface area contributed by atoms with Crippen molar-refractivity contribution in [3.05, 3.63) is 78.4 Å². The van der Waals surface area contributed by atoms with E-state index in [-0.39, 0.29) is 23.1 Å². The van der Waals surface area contributed by atoms with Crippen LogP contribution in [0.15, 0.2) is 72.9 Å². The molecule has 108 valence electrons. The first-order valence-corrected chi connectivity index (χ1v) is 6.54. The zero-order valence-electron chi connectivity index (χ0n) is 11.6. The van der Waals surface area contributed by atoms with Gasteiger partial charge in [-0.15, -0.1) is 0 Å². The molecule has 4 nitrogen and oxygen atoms in total. The van der Waals surface area contributed by atoms with Crippen LogP contribution in [0.5, 0.6) is 0 Å². The van der Waals surface area contributed by atoms with E-state index in [4.69, 9.17) is 0 Å². The van der Waals surface area contributed by atoms with Gasteiger partial charge in [0.1, 0.15) is 0 Å². The van der Waals surface area contributed by atoms with E-state index < -0.39 is 0 Å². The van der Waals surface area contributed by atoms with Gasteiger partial charge in [-0.1, -0.05) is 30.3 Å². The first-order chi connectivity index (χ1) is 10.6. The molecule has 1 aromatic carbocycles. The molecule has 1 aromatic rings. The average Bonchev–Trinajstić information content (AvgIpc) is 2.54. The second-order valence-corrected chi connectivity index (χ2v) is 4.50. The molecule has 4 heteroatoms. The lowest BCUT2D eigenvalue weighted by molar-refractivity contribution is -0.113. The van der Waals surface area contributed by atoms with Gasteiger partial charge in [0.15, 0.2) is 23.1 Å². The molecule has 2 aliphatic rings. The maximum absolute atomic E-state index is 11.4. The lowest BCUT2D eigenvalue weighted by Gasteiger charge is -2.05. The summed E-state index contributed by atoms with van der Waals surface area (Å²) in [5.74, 6) is -0.492. The molecule has 0 amide bonds. The van der Waals surface area contributed by atoms with Gasteiger partial charge in [0, 0.05) is 5.57 Å². The lowest BCUT2D eigenvalue weighted by Crippen LogP contribution is -2.06. The lowest BCUT2D eigenvalue weighted by atomic mass is 9.97. The standard InChI is InChI=1S/C12H8O2.C6H4O2/c13-10-6-7-12(14)11(8-10)9-4-2-1-3-5-9;7-5-1-2-6(8)4-3-5/h1-8H;1-4H. The van der Waals surface area contributed by atoms with Gasteiger partial charge in [-0.2, -0.15) is 0 Å². The van der Waals surface area contributed by atoms with Gasteiger partial charge in [0.2, 0.25) is 0 Å². The topological polar surface area (TPSA) is 68.3 Å². The SMILES string of the molecule is O=C1C=CC(=O)C(c2ccccc2)=C1.O=C1C=CC(=O)C=C1. The van der Waals surface area contributed by atoms with Crippen LogP contribution in [0.4, 0.5) is 0 Å². The molecular weight excluding hydrogens is 280 g/mol. The molecular formula is C18H12O4. The Hall–Kier alpha value is -3.14. The van der Waals surface area contributed by atoms with Crippen molar-refractivity contribution in [2.24, 2.45) is 0 Å². The molecule has 0 saturated carbocycles. The van der Waals surface area contributed by atoms with Gasteiger partial charge < -0.3 is 0 Å². The van der Waals surface area contributed by atoms with E-state index in [0.29, 0.717) is 5.57 Å². The van der Waals surface area contributed by atoms with E-state index in [9.17, 15) is 19.2 Å². The Bertz CT molecular complexity index is 709. The number of hydrogen-bond donors (Lipinski definition) is 0. The van der Waals surface area contributed by atoms with Crippen LogP contribution in [0, 0.1) is 0 Å². The molecule has 3 rings (SSSR count). The van der Waals surface area contributed by atoms with E-state index >= 15 is 0 Å². The van der Waals surface area contributed by atoms with Crippen molar-refractivity contribution < 1.29 is 19.2 Å². The van der Waals surface area contributed by atoms with Crippen LogP contribution in [0.1, 0.15) is 5.56 Å².